The fraction of sp³-hybridized carbons (Fsp3) is 0.0741. The van der Waals surface area contributed by atoms with E-state index in [1.165, 1.54) is 29.2 Å². The van der Waals surface area contributed by atoms with Crippen molar-refractivity contribution in [3.63, 3.8) is 0 Å². The molecule has 0 fully saturated rings. The summed E-state index contributed by atoms with van der Waals surface area (Å²) in [5, 5.41) is 9.10. The van der Waals surface area contributed by atoms with Gasteiger partial charge in [-0.05, 0) is 55.0 Å². The van der Waals surface area contributed by atoms with Crippen LogP contribution in [-0.2, 0) is 6.18 Å². The molecule has 0 saturated heterocycles. The number of carbonyl (C=O) groups excluding carboxylic acids is 1. The average molecular weight is 565 g/mol. The van der Waals surface area contributed by atoms with Crippen molar-refractivity contribution < 1.29 is 27.1 Å². The van der Waals surface area contributed by atoms with E-state index in [0.29, 0.717) is 22.6 Å². The molecule has 0 atom stereocenters. The van der Waals surface area contributed by atoms with Gasteiger partial charge in [0.05, 0.1) is 46.9 Å². The number of nitrogens with two attached hydrogens (primary N) is 1. The zero-order valence-corrected chi connectivity index (χ0v) is 21.1. The number of hydrogen-bond donors (Lipinski definition) is 3. The van der Waals surface area contributed by atoms with Crippen molar-refractivity contribution in [1.29, 1.82) is 0 Å². The maximum Gasteiger partial charge on any atom is 0.416 e. The summed E-state index contributed by atoms with van der Waals surface area (Å²) in [4.78, 5) is 24.5. The fourth-order valence-corrected chi connectivity index (χ4v) is 3.77. The molecule has 0 unspecified atom stereocenters. The van der Waals surface area contributed by atoms with Crippen LogP contribution in [0, 0.1) is 12.7 Å². The molecule has 4 N–H and O–H groups in total. The molecule has 3 aromatic heterocycles. The lowest BCUT2D eigenvalue weighted by atomic mass is 10.1. The van der Waals surface area contributed by atoms with Crippen molar-refractivity contribution >= 4 is 23.2 Å². The zero-order chi connectivity index (χ0) is 29.1. The summed E-state index contributed by atoms with van der Waals surface area (Å²) in [6, 6.07) is 11.6. The molecule has 0 aliphatic heterocycles. The molecule has 2 aromatic carbocycles. The van der Waals surface area contributed by atoms with Crippen molar-refractivity contribution in [2.45, 2.75) is 13.1 Å². The highest BCUT2D eigenvalue weighted by molar-refractivity contribution is 6.00. The number of alkyl halides is 3. The number of nitrogen functional groups attached to an aromatic ring is 1. The largest absolute Gasteiger partial charge is 0.424 e. The van der Waals surface area contributed by atoms with Gasteiger partial charge in [0.15, 0.2) is 0 Å². The van der Waals surface area contributed by atoms with Crippen molar-refractivity contribution in [1.82, 2.24) is 24.7 Å². The normalized spacial score (nSPS) is 11.2. The third-order valence-electron chi connectivity index (χ3n) is 5.69. The Kier molecular flexibility index (Phi) is 7.20. The Morgan fingerprint density at radius 1 is 0.951 bits per heavy atom. The number of amides is 2. The van der Waals surface area contributed by atoms with E-state index in [9.17, 15) is 22.4 Å². The van der Waals surface area contributed by atoms with E-state index in [-0.39, 0.29) is 28.9 Å². The summed E-state index contributed by atoms with van der Waals surface area (Å²) in [6.07, 6.45) is 0.508. The summed E-state index contributed by atoms with van der Waals surface area (Å²) in [7, 11) is 0. The Labute approximate surface area is 229 Å². The molecule has 0 spiro atoms. The molecule has 0 aliphatic rings. The Bertz CT molecular complexity index is 1700. The first-order chi connectivity index (χ1) is 19.5. The van der Waals surface area contributed by atoms with E-state index >= 15 is 0 Å². The van der Waals surface area contributed by atoms with Crippen molar-refractivity contribution in [2.75, 3.05) is 16.4 Å². The predicted octanol–water partition coefficient (Wildman–Crippen LogP) is 6.21. The number of aromatic nitrogens is 5. The first-order valence-electron chi connectivity index (χ1n) is 11.9. The molecular weight excluding hydrogens is 544 g/mol. The molecule has 0 aliphatic carbocycles. The number of urea groups is 1. The standard InChI is InChI=1S/C27H20F4N8O2/c1-15-8-9-39(38-15)23-7-4-17(27(29,30)31)10-22(23)37-25(40)36-19-13-34-26(35-14-19)41-20-5-2-16(3-6-20)21-11-18(28)12-33-24(21)32/h2-14H,1H3,(H2,32,33)(H2,36,37,40). The van der Waals surface area contributed by atoms with Crippen LogP contribution in [0.1, 0.15) is 11.3 Å². The van der Waals surface area contributed by atoms with E-state index in [1.807, 2.05) is 0 Å². The SMILES string of the molecule is Cc1ccn(-c2ccc(C(F)(F)F)cc2NC(=O)Nc2cnc(Oc3ccc(-c4cc(F)cnc4N)cc3)nc2)n1. The minimum atomic E-state index is -4.61. The number of aryl methyl sites for hydroxylation is 1. The number of pyridine rings is 1. The highest BCUT2D eigenvalue weighted by Crippen LogP contribution is 2.33. The third kappa shape index (κ3) is 6.38. The maximum atomic E-state index is 13.5. The van der Waals surface area contributed by atoms with Crippen LogP contribution >= 0.6 is 0 Å². The second-order valence-corrected chi connectivity index (χ2v) is 8.68. The summed E-state index contributed by atoms with van der Waals surface area (Å²) in [6.45, 7) is 1.73. The van der Waals surface area contributed by atoms with Gasteiger partial charge in [-0.3, -0.25) is 0 Å². The number of nitrogens with one attached hydrogen (secondary N) is 2. The molecule has 14 heteroatoms. The van der Waals surface area contributed by atoms with Crippen molar-refractivity contribution in [3.05, 3.63) is 96.5 Å². The molecule has 0 radical (unpaired) electrons. The number of halogens is 4. The Morgan fingerprint density at radius 3 is 2.34 bits per heavy atom. The van der Waals surface area contributed by atoms with E-state index in [1.54, 1.807) is 43.5 Å². The van der Waals surface area contributed by atoms with Gasteiger partial charge in [-0.2, -0.15) is 18.3 Å². The van der Waals surface area contributed by atoms with Crippen LogP contribution in [-0.4, -0.2) is 30.8 Å². The smallest absolute Gasteiger partial charge is 0.416 e. The number of nitrogens with zero attached hydrogens (tertiary/aromatic N) is 5. The summed E-state index contributed by atoms with van der Waals surface area (Å²) >= 11 is 0. The van der Waals surface area contributed by atoms with Gasteiger partial charge in [0.25, 0.3) is 0 Å². The quantitative estimate of drug-likeness (QED) is 0.209. The van der Waals surface area contributed by atoms with E-state index in [0.717, 1.165) is 18.3 Å². The average Bonchev–Trinajstić information content (AvgIpc) is 3.37. The van der Waals surface area contributed by atoms with Crippen LogP contribution in [0.2, 0.25) is 0 Å². The molecule has 41 heavy (non-hydrogen) atoms. The van der Waals surface area contributed by atoms with E-state index in [2.05, 4.69) is 30.7 Å². The van der Waals surface area contributed by atoms with Gasteiger partial charge in [0.1, 0.15) is 17.4 Å². The van der Waals surface area contributed by atoms with Gasteiger partial charge in [-0.25, -0.2) is 28.8 Å². The highest BCUT2D eigenvalue weighted by Gasteiger charge is 2.31. The van der Waals surface area contributed by atoms with Crippen LogP contribution in [0.3, 0.4) is 0 Å². The summed E-state index contributed by atoms with van der Waals surface area (Å²) in [5.41, 5.74) is 6.87. The molecule has 2 amide bonds. The number of hydrogen-bond acceptors (Lipinski definition) is 7. The second-order valence-electron chi connectivity index (χ2n) is 8.68. The highest BCUT2D eigenvalue weighted by atomic mass is 19.4. The predicted molar refractivity (Wildman–Crippen MR) is 142 cm³/mol. The Balaban J connectivity index is 1.26. The number of rotatable bonds is 6. The third-order valence-corrected chi connectivity index (χ3v) is 5.69. The number of anilines is 3. The first kappa shape index (κ1) is 27.1. The first-order valence-corrected chi connectivity index (χ1v) is 11.9. The van der Waals surface area contributed by atoms with Crippen LogP contribution in [0.4, 0.5) is 39.5 Å². The molecule has 5 aromatic rings. The fourth-order valence-electron chi connectivity index (χ4n) is 3.77. The van der Waals surface area contributed by atoms with Gasteiger partial charge >= 0.3 is 18.2 Å². The molecule has 10 nitrogen and oxygen atoms in total. The molecule has 5 rings (SSSR count). The van der Waals surface area contributed by atoms with Crippen LogP contribution in [0.15, 0.2) is 79.4 Å². The van der Waals surface area contributed by atoms with Crippen molar-refractivity contribution in [3.8, 4) is 28.6 Å². The van der Waals surface area contributed by atoms with Gasteiger partial charge in [0, 0.05) is 11.8 Å². The summed E-state index contributed by atoms with van der Waals surface area (Å²) in [5.74, 6) is 0.0333. The Morgan fingerprint density at radius 2 is 1.68 bits per heavy atom. The Hall–Kier alpha value is -5.53. The second kappa shape index (κ2) is 10.9. The van der Waals surface area contributed by atoms with Crippen LogP contribution in [0.25, 0.3) is 16.8 Å². The number of benzene rings is 2. The van der Waals surface area contributed by atoms with E-state index in [4.69, 9.17) is 10.5 Å². The van der Waals surface area contributed by atoms with E-state index < -0.39 is 23.6 Å². The monoisotopic (exact) mass is 564 g/mol. The van der Waals surface area contributed by atoms with Crippen LogP contribution < -0.4 is 21.1 Å². The van der Waals surface area contributed by atoms with Crippen LogP contribution in [0.5, 0.6) is 11.8 Å². The van der Waals surface area contributed by atoms with Gasteiger partial charge in [0.2, 0.25) is 0 Å². The lowest BCUT2D eigenvalue weighted by molar-refractivity contribution is -0.137. The lowest BCUT2D eigenvalue weighted by Crippen LogP contribution is -2.21. The molecule has 208 valence electrons. The minimum absolute atomic E-state index is 0.0372. The lowest BCUT2D eigenvalue weighted by Gasteiger charge is -2.15. The van der Waals surface area contributed by atoms with Gasteiger partial charge in [-0.1, -0.05) is 12.1 Å². The van der Waals surface area contributed by atoms with Gasteiger partial charge < -0.3 is 21.1 Å². The maximum absolute atomic E-state index is 13.5. The number of ether oxygens (including phenoxy) is 1. The molecular formula is C27H20F4N8O2. The van der Waals surface area contributed by atoms with Gasteiger partial charge in [-0.15, -0.1) is 0 Å². The van der Waals surface area contributed by atoms with Crippen molar-refractivity contribution in [2.24, 2.45) is 0 Å². The molecule has 3 heterocycles. The zero-order valence-electron chi connectivity index (χ0n) is 21.1. The molecule has 0 saturated carbocycles. The molecule has 0 bridgehead atoms. The summed E-state index contributed by atoms with van der Waals surface area (Å²) < 4.78 is 60.4. The minimum Gasteiger partial charge on any atom is -0.424 e. The topological polar surface area (TPSA) is 133 Å². The number of carbonyl (C=O) groups is 1.